The molecule has 142 valence electrons. The largest absolute Gasteiger partial charge is 0.340 e. The third-order valence-corrected chi connectivity index (χ3v) is 7.13. The molecule has 0 N–H and O–H groups in total. The topological polar surface area (TPSA) is 83.5 Å². The molecule has 1 amide bonds. The lowest BCUT2D eigenvalue weighted by atomic mass is 10.1. The van der Waals surface area contributed by atoms with E-state index in [-0.39, 0.29) is 29.5 Å². The van der Waals surface area contributed by atoms with E-state index in [9.17, 15) is 13.2 Å². The average molecular weight is 386 g/mol. The molecule has 0 bridgehead atoms. The van der Waals surface area contributed by atoms with Gasteiger partial charge in [-0.1, -0.05) is 18.2 Å². The van der Waals surface area contributed by atoms with Crippen LogP contribution in [-0.4, -0.2) is 54.9 Å². The van der Waals surface area contributed by atoms with Crippen LogP contribution >= 0.6 is 0 Å². The molecule has 0 saturated carbocycles. The summed E-state index contributed by atoms with van der Waals surface area (Å²) in [6.45, 7) is 2.03. The van der Waals surface area contributed by atoms with E-state index < -0.39 is 9.84 Å². The summed E-state index contributed by atoms with van der Waals surface area (Å²) in [7, 11) is -1.18. The smallest absolute Gasteiger partial charge is 0.261 e. The number of benzene rings is 1. The van der Waals surface area contributed by atoms with Gasteiger partial charge >= 0.3 is 0 Å². The Morgan fingerprint density at radius 2 is 1.93 bits per heavy atom. The maximum atomic E-state index is 13.0. The van der Waals surface area contributed by atoms with Crippen LogP contribution in [-0.2, 0) is 16.3 Å². The van der Waals surface area contributed by atoms with Crippen molar-refractivity contribution in [2.24, 2.45) is 0 Å². The number of hydrogen-bond donors (Lipinski definition) is 0. The Bertz CT molecular complexity index is 975. The first-order valence-electron chi connectivity index (χ1n) is 9.02. The first-order valence-corrected chi connectivity index (χ1v) is 10.8. The van der Waals surface area contributed by atoms with Crippen LogP contribution in [0, 0.1) is 0 Å². The SMILES string of the molecule is CC1Cc2ccccc2N1C(=O)c1cnc(N(C)C2CCS(=O)(=O)C2)nc1. The van der Waals surface area contributed by atoms with Crippen molar-refractivity contribution in [2.75, 3.05) is 28.4 Å². The minimum Gasteiger partial charge on any atom is -0.340 e. The second kappa shape index (κ2) is 6.60. The lowest BCUT2D eigenvalue weighted by Gasteiger charge is -2.24. The van der Waals surface area contributed by atoms with E-state index in [2.05, 4.69) is 9.97 Å². The number of para-hydroxylation sites is 1. The summed E-state index contributed by atoms with van der Waals surface area (Å²) >= 11 is 0. The first-order chi connectivity index (χ1) is 12.9. The highest BCUT2D eigenvalue weighted by atomic mass is 32.2. The van der Waals surface area contributed by atoms with Crippen LogP contribution in [0.25, 0.3) is 0 Å². The van der Waals surface area contributed by atoms with Crippen LogP contribution in [0.2, 0.25) is 0 Å². The predicted octanol–water partition coefficient (Wildman–Crippen LogP) is 1.69. The monoisotopic (exact) mass is 386 g/mol. The molecule has 0 aliphatic carbocycles. The summed E-state index contributed by atoms with van der Waals surface area (Å²) in [5.41, 5.74) is 2.53. The van der Waals surface area contributed by atoms with E-state index in [1.54, 1.807) is 16.8 Å². The molecule has 0 radical (unpaired) electrons. The molecular weight excluding hydrogens is 364 g/mol. The van der Waals surface area contributed by atoms with Crippen LogP contribution in [0.4, 0.5) is 11.6 Å². The van der Waals surface area contributed by atoms with E-state index in [4.69, 9.17) is 0 Å². The molecule has 1 fully saturated rings. The van der Waals surface area contributed by atoms with E-state index in [0.29, 0.717) is 17.9 Å². The van der Waals surface area contributed by atoms with Crippen molar-refractivity contribution in [1.29, 1.82) is 0 Å². The zero-order chi connectivity index (χ0) is 19.2. The lowest BCUT2D eigenvalue weighted by Crippen LogP contribution is -2.36. The molecule has 1 aromatic heterocycles. The van der Waals surface area contributed by atoms with Crippen LogP contribution < -0.4 is 9.80 Å². The first kappa shape index (κ1) is 17.9. The van der Waals surface area contributed by atoms with Crippen LogP contribution in [0.5, 0.6) is 0 Å². The fraction of sp³-hybridized carbons (Fsp3) is 0.421. The Labute approximate surface area is 159 Å². The van der Waals surface area contributed by atoms with Gasteiger partial charge in [-0.05, 0) is 31.4 Å². The number of fused-ring (bicyclic) bond motifs is 1. The summed E-state index contributed by atoms with van der Waals surface area (Å²) in [6, 6.07) is 7.88. The lowest BCUT2D eigenvalue weighted by molar-refractivity contribution is 0.0980. The standard InChI is InChI=1S/C19H22N4O3S/c1-13-9-14-5-3-4-6-17(14)23(13)18(24)15-10-20-19(21-11-15)22(2)16-7-8-27(25,26)12-16/h3-6,10-11,13,16H,7-9,12H2,1-2H3. The van der Waals surface area contributed by atoms with E-state index in [1.165, 1.54) is 12.4 Å². The van der Waals surface area contributed by atoms with Gasteiger partial charge in [-0.25, -0.2) is 18.4 Å². The number of aromatic nitrogens is 2. The molecule has 7 nitrogen and oxygen atoms in total. The van der Waals surface area contributed by atoms with Crippen molar-refractivity contribution >= 4 is 27.4 Å². The van der Waals surface area contributed by atoms with Crippen molar-refractivity contribution < 1.29 is 13.2 Å². The summed E-state index contributed by atoms with van der Waals surface area (Å²) in [5.74, 6) is 0.633. The molecule has 1 aromatic carbocycles. The van der Waals surface area contributed by atoms with E-state index >= 15 is 0 Å². The number of carbonyl (C=O) groups is 1. The molecule has 4 rings (SSSR count). The maximum absolute atomic E-state index is 13.0. The number of nitrogens with zero attached hydrogens (tertiary/aromatic N) is 4. The quantitative estimate of drug-likeness (QED) is 0.798. The van der Waals surface area contributed by atoms with Crippen LogP contribution in [0.15, 0.2) is 36.7 Å². The molecule has 0 spiro atoms. The second-order valence-electron chi connectivity index (χ2n) is 7.30. The molecule has 2 aliphatic rings. The van der Waals surface area contributed by atoms with Crippen molar-refractivity contribution in [1.82, 2.24) is 9.97 Å². The third-order valence-electron chi connectivity index (χ3n) is 5.38. The molecule has 2 aliphatic heterocycles. The maximum Gasteiger partial charge on any atom is 0.261 e. The Morgan fingerprint density at radius 1 is 1.22 bits per heavy atom. The van der Waals surface area contributed by atoms with Gasteiger partial charge in [0.25, 0.3) is 5.91 Å². The van der Waals surface area contributed by atoms with Gasteiger partial charge in [0.2, 0.25) is 5.95 Å². The molecular formula is C19H22N4O3S. The molecule has 3 heterocycles. The van der Waals surface area contributed by atoms with Gasteiger partial charge in [0.1, 0.15) is 0 Å². The Kier molecular flexibility index (Phi) is 4.38. The molecule has 2 unspecified atom stereocenters. The number of hydrogen-bond acceptors (Lipinski definition) is 6. The van der Waals surface area contributed by atoms with Gasteiger partial charge in [0.15, 0.2) is 9.84 Å². The zero-order valence-corrected chi connectivity index (χ0v) is 16.2. The fourth-order valence-electron chi connectivity index (χ4n) is 3.87. The normalized spacial score (nSPS) is 23.3. The molecule has 2 atom stereocenters. The van der Waals surface area contributed by atoms with Gasteiger partial charge in [-0.3, -0.25) is 4.79 Å². The molecule has 2 aromatic rings. The average Bonchev–Trinajstić information content (AvgIpc) is 3.19. The number of anilines is 2. The molecule has 27 heavy (non-hydrogen) atoms. The van der Waals surface area contributed by atoms with Gasteiger partial charge < -0.3 is 9.80 Å². The van der Waals surface area contributed by atoms with Gasteiger partial charge in [-0.2, -0.15) is 0 Å². The molecule has 1 saturated heterocycles. The minimum atomic E-state index is -2.97. The highest BCUT2D eigenvalue weighted by Gasteiger charge is 2.33. The molecule has 8 heteroatoms. The van der Waals surface area contributed by atoms with Crippen molar-refractivity contribution in [3.8, 4) is 0 Å². The van der Waals surface area contributed by atoms with E-state index in [0.717, 1.165) is 17.7 Å². The predicted molar refractivity (Wildman–Crippen MR) is 104 cm³/mol. The number of sulfone groups is 1. The number of rotatable bonds is 3. The van der Waals surface area contributed by atoms with Crippen LogP contribution in [0.3, 0.4) is 0 Å². The summed E-state index contributed by atoms with van der Waals surface area (Å²) < 4.78 is 23.4. The number of carbonyl (C=O) groups excluding carboxylic acids is 1. The van der Waals surface area contributed by atoms with Crippen LogP contribution in [0.1, 0.15) is 29.3 Å². The summed E-state index contributed by atoms with van der Waals surface area (Å²) in [4.78, 5) is 25.2. The van der Waals surface area contributed by atoms with Gasteiger partial charge in [0, 0.05) is 37.2 Å². The van der Waals surface area contributed by atoms with Crippen molar-refractivity contribution in [3.63, 3.8) is 0 Å². The summed E-state index contributed by atoms with van der Waals surface area (Å²) in [6.07, 6.45) is 4.46. The van der Waals surface area contributed by atoms with Crippen molar-refractivity contribution in [2.45, 2.75) is 31.8 Å². The number of amides is 1. The highest BCUT2D eigenvalue weighted by molar-refractivity contribution is 7.91. The highest BCUT2D eigenvalue weighted by Crippen LogP contribution is 2.33. The fourth-order valence-corrected chi connectivity index (χ4v) is 5.65. The zero-order valence-electron chi connectivity index (χ0n) is 15.4. The Hall–Kier alpha value is -2.48. The van der Waals surface area contributed by atoms with Gasteiger partial charge in [0.05, 0.1) is 17.1 Å². The minimum absolute atomic E-state index is 0.0842. The Morgan fingerprint density at radius 3 is 2.59 bits per heavy atom. The second-order valence-corrected chi connectivity index (χ2v) is 9.53. The van der Waals surface area contributed by atoms with Gasteiger partial charge in [-0.15, -0.1) is 0 Å². The third kappa shape index (κ3) is 3.29. The van der Waals surface area contributed by atoms with Crippen molar-refractivity contribution in [3.05, 3.63) is 47.8 Å². The summed E-state index contributed by atoms with van der Waals surface area (Å²) in [5, 5.41) is 0. The Balaban J connectivity index is 1.53. The van der Waals surface area contributed by atoms with E-state index in [1.807, 2.05) is 31.2 Å².